The van der Waals surface area contributed by atoms with E-state index in [1.54, 1.807) is 0 Å². The number of ether oxygens (including phenoxy) is 1. The molecule has 0 atom stereocenters. The third kappa shape index (κ3) is 0.830. The molecule has 2 aromatic rings. The molecule has 1 aliphatic heterocycles. The van der Waals surface area contributed by atoms with Gasteiger partial charge in [0.2, 0.25) is 5.75 Å². The Kier molecular flexibility index (Phi) is 1.19. The lowest BCUT2D eigenvalue weighted by molar-refractivity contribution is 0.462. The first kappa shape index (κ1) is 7.13. The molecule has 0 radical (unpaired) electrons. The van der Waals surface area contributed by atoms with Crippen LogP contribution in [0.4, 0.5) is 17.5 Å². The van der Waals surface area contributed by atoms with Gasteiger partial charge in [-0.05, 0) is 0 Å². The summed E-state index contributed by atoms with van der Waals surface area (Å²) in [6.07, 6.45) is 2.89. The van der Waals surface area contributed by atoms with E-state index in [0.29, 0.717) is 23.3 Å². The second kappa shape index (κ2) is 2.34. The lowest BCUT2D eigenvalue weighted by atomic mass is 10.4. The van der Waals surface area contributed by atoms with Crippen molar-refractivity contribution in [3.8, 4) is 11.6 Å². The first-order valence-corrected chi connectivity index (χ1v) is 3.93. The average Bonchev–Trinajstić information content (AvgIpc) is 2.62. The van der Waals surface area contributed by atoms with E-state index in [4.69, 9.17) is 10.5 Å². The van der Waals surface area contributed by atoms with Crippen LogP contribution in [0.3, 0.4) is 0 Å². The number of H-pyrrole nitrogens is 1. The van der Waals surface area contributed by atoms with Crippen molar-refractivity contribution in [2.24, 2.45) is 0 Å². The highest BCUT2D eigenvalue weighted by molar-refractivity contribution is 5.73. The van der Waals surface area contributed by atoms with Crippen molar-refractivity contribution in [1.82, 2.24) is 19.9 Å². The fourth-order valence-electron chi connectivity index (χ4n) is 1.24. The molecule has 0 fully saturated rings. The Labute approximate surface area is 78.4 Å². The molecule has 0 saturated carbocycles. The Morgan fingerprint density at radius 3 is 3.14 bits per heavy atom. The Hall–Kier alpha value is -2.31. The predicted molar refractivity (Wildman–Crippen MR) is 48.4 cm³/mol. The maximum atomic E-state index is 5.61. The number of nitrogens with two attached hydrogens (primary N) is 1. The maximum Gasteiger partial charge on any atom is 0.263 e. The Morgan fingerprint density at radius 1 is 1.29 bits per heavy atom. The fraction of sp³-hybridized carbons (Fsp3) is 0. The van der Waals surface area contributed by atoms with E-state index < -0.39 is 0 Å². The summed E-state index contributed by atoms with van der Waals surface area (Å²) in [5.41, 5.74) is 5.61. The molecule has 3 heterocycles. The lowest BCUT2D eigenvalue weighted by Crippen LogP contribution is -2.07. The molecule has 7 nitrogen and oxygen atoms in total. The number of aromatic nitrogens is 4. The van der Waals surface area contributed by atoms with E-state index in [1.807, 2.05) is 0 Å². The highest BCUT2D eigenvalue weighted by Gasteiger charge is 2.22. The van der Waals surface area contributed by atoms with E-state index in [1.165, 1.54) is 12.7 Å². The van der Waals surface area contributed by atoms with Crippen molar-refractivity contribution in [3.05, 3.63) is 12.7 Å². The summed E-state index contributed by atoms with van der Waals surface area (Å²) >= 11 is 0. The van der Waals surface area contributed by atoms with Crippen molar-refractivity contribution >= 4 is 17.5 Å². The second-order valence-corrected chi connectivity index (χ2v) is 2.75. The predicted octanol–water partition coefficient (Wildman–Crippen LogP) is 0.631. The van der Waals surface area contributed by atoms with Gasteiger partial charge in [0, 0.05) is 0 Å². The monoisotopic (exact) mass is 190 g/mol. The zero-order chi connectivity index (χ0) is 9.54. The van der Waals surface area contributed by atoms with E-state index in [-0.39, 0.29) is 5.82 Å². The molecular weight excluding hydrogens is 184 g/mol. The Bertz CT molecular complexity index is 493. The van der Waals surface area contributed by atoms with E-state index in [0.717, 1.165) is 0 Å². The molecule has 14 heavy (non-hydrogen) atoms. The van der Waals surface area contributed by atoms with Gasteiger partial charge in [-0.1, -0.05) is 0 Å². The molecule has 0 aromatic carbocycles. The molecule has 3 rings (SSSR count). The van der Waals surface area contributed by atoms with Gasteiger partial charge in [-0.2, -0.15) is 0 Å². The molecular formula is C7H6N6O. The number of hydrogen-bond acceptors (Lipinski definition) is 6. The van der Waals surface area contributed by atoms with Gasteiger partial charge in [0.15, 0.2) is 17.5 Å². The van der Waals surface area contributed by atoms with Crippen LogP contribution in [0.1, 0.15) is 0 Å². The summed E-state index contributed by atoms with van der Waals surface area (Å²) in [5, 5.41) is 2.99. The molecule has 1 aliphatic rings. The largest absolute Gasteiger partial charge is 0.428 e. The quantitative estimate of drug-likeness (QED) is 0.480. The number of anilines is 3. The van der Waals surface area contributed by atoms with E-state index in [2.05, 4.69) is 25.3 Å². The normalized spacial score (nSPS) is 12.3. The minimum Gasteiger partial charge on any atom is -0.428 e. The molecule has 0 amide bonds. The lowest BCUT2D eigenvalue weighted by Gasteiger charge is -2.16. The van der Waals surface area contributed by atoms with Crippen LogP contribution in [0.5, 0.6) is 11.6 Å². The van der Waals surface area contributed by atoms with Crippen LogP contribution in [-0.4, -0.2) is 19.9 Å². The summed E-state index contributed by atoms with van der Waals surface area (Å²) in [6, 6.07) is 0. The first-order chi connectivity index (χ1) is 6.84. The summed E-state index contributed by atoms with van der Waals surface area (Å²) in [4.78, 5) is 14.6. The zero-order valence-corrected chi connectivity index (χ0v) is 6.98. The second-order valence-electron chi connectivity index (χ2n) is 2.75. The van der Waals surface area contributed by atoms with Crippen LogP contribution in [0.2, 0.25) is 0 Å². The maximum absolute atomic E-state index is 5.61. The van der Waals surface area contributed by atoms with Gasteiger partial charge in [0.1, 0.15) is 6.33 Å². The number of imidazole rings is 1. The smallest absolute Gasteiger partial charge is 0.263 e. The van der Waals surface area contributed by atoms with Gasteiger partial charge in [-0.15, -0.1) is 0 Å². The topological polar surface area (TPSA) is 102 Å². The highest BCUT2D eigenvalue weighted by atomic mass is 16.5. The number of aromatic amines is 1. The highest BCUT2D eigenvalue weighted by Crippen LogP contribution is 2.40. The van der Waals surface area contributed by atoms with Gasteiger partial charge < -0.3 is 20.8 Å². The van der Waals surface area contributed by atoms with Crippen LogP contribution in [0.15, 0.2) is 12.7 Å². The number of nitrogens with one attached hydrogen (secondary N) is 2. The summed E-state index contributed by atoms with van der Waals surface area (Å²) < 4.78 is 5.39. The Balaban J connectivity index is 2.17. The molecule has 0 aliphatic carbocycles. The summed E-state index contributed by atoms with van der Waals surface area (Å²) in [5.74, 6) is 2.34. The van der Waals surface area contributed by atoms with Gasteiger partial charge in [0.25, 0.3) is 5.88 Å². The number of nitrogen functional groups attached to an aromatic ring is 1. The number of nitrogens with zero attached hydrogens (tertiary/aromatic N) is 3. The van der Waals surface area contributed by atoms with Crippen molar-refractivity contribution in [1.29, 1.82) is 0 Å². The summed E-state index contributed by atoms with van der Waals surface area (Å²) in [6.45, 7) is 0. The standard InChI is InChI=1S/C7H6N6O/c8-4-3-5(10-1-9-4)13-6-7(14-3)12-2-11-6/h1-2H,(H,11,12)(H3,8,9,10,13). The molecule has 0 bridgehead atoms. The molecule has 70 valence electrons. The summed E-state index contributed by atoms with van der Waals surface area (Å²) in [7, 11) is 0. The SMILES string of the molecule is Nc1ncnc2c1Oc1nc[nH]c1N2. The van der Waals surface area contributed by atoms with Crippen molar-refractivity contribution in [2.45, 2.75) is 0 Å². The minimum absolute atomic E-state index is 0.288. The zero-order valence-electron chi connectivity index (χ0n) is 6.98. The van der Waals surface area contributed by atoms with Crippen molar-refractivity contribution in [3.63, 3.8) is 0 Å². The first-order valence-electron chi connectivity index (χ1n) is 3.93. The number of hydrogen-bond donors (Lipinski definition) is 3. The average molecular weight is 190 g/mol. The Morgan fingerprint density at radius 2 is 2.21 bits per heavy atom. The van der Waals surface area contributed by atoms with E-state index >= 15 is 0 Å². The third-order valence-electron chi connectivity index (χ3n) is 1.88. The van der Waals surface area contributed by atoms with Crippen molar-refractivity contribution < 1.29 is 4.74 Å². The van der Waals surface area contributed by atoms with Crippen LogP contribution < -0.4 is 15.8 Å². The number of fused-ring (bicyclic) bond motifs is 2. The van der Waals surface area contributed by atoms with Gasteiger partial charge in [-0.25, -0.2) is 15.0 Å². The van der Waals surface area contributed by atoms with Gasteiger partial charge in [0.05, 0.1) is 6.33 Å². The molecule has 2 aromatic heterocycles. The molecule has 7 heteroatoms. The molecule has 0 saturated heterocycles. The molecule has 0 spiro atoms. The van der Waals surface area contributed by atoms with Crippen LogP contribution >= 0.6 is 0 Å². The number of rotatable bonds is 0. The van der Waals surface area contributed by atoms with Crippen LogP contribution in [0, 0.1) is 0 Å². The molecule has 0 unspecified atom stereocenters. The van der Waals surface area contributed by atoms with Gasteiger partial charge in [-0.3, -0.25) is 0 Å². The van der Waals surface area contributed by atoms with Crippen molar-refractivity contribution in [2.75, 3.05) is 11.1 Å². The van der Waals surface area contributed by atoms with Gasteiger partial charge >= 0.3 is 0 Å². The minimum atomic E-state index is 0.288. The molecule has 4 N–H and O–H groups in total. The van der Waals surface area contributed by atoms with Crippen LogP contribution in [-0.2, 0) is 0 Å². The third-order valence-corrected chi connectivity index (χ3v) is 1.88. The van der Waals surface area contributed by atoms with Crippen LogP contribution in [0.25, 0.3) is 0 Å². The van der Waals surface area contributed by atoms with E-state index in [9.17, 15) is 0 Å². The fourth-order valence-corrected chi connectivity index (χ4v) is 1.24.